The molecule has 2 aliphatic carbocycles. The molecular formula is C29H44O3. The zero-order valence-electron chi connectivity index (χ0n) is 20.6. The summed E-state index contributed by atoms with van der Waals surface area (Å²) in [6, 6.07) is 9.91. The number of carbonyl (C=O) groups is 2. The van der Waals surface area contributed by atoms with Gasteiger partial charge in [0.25, 0.3) is 0 Å². The molecule has 178 valence electrons. The SMILES string of the molecule is CC[C@H](C(=O)OCc1ccccc1)[C@@H]1CCCC[C@@H]1CC(=O)[C@@H](CC)[C@@H]1CCCC[C@@H]1C. The topological polar surface area (TPSA) is 43.4 Å². The maximum absolute atomic E-state index is 13.5. The van der Waals surface area contributed by atoms with Gasteiger partial charge in [0.15, 0.2) is 0 Å². The minimum atomic E-state index is -0.0921. The van der Waals surface area contributed by atoms with Gasteiger partial charge in [0.2, 0.25) is 0 Å². The number of carbonyl (C=O) groups excluding carboxylic acids is 2. The maximum atomic E-state index is 13.5. The molecule has 0 spiro atoms. The first-order valence-corrected chi connectivity index (χ1v) is 13.3. The summed E-state index contributed by atoms with van der Waals surface area (Å²) in [7, 11) is 0. The number of Topliss-reactive ketones (excluding diaryl/α,β-unsaturated/α-hetero) is 1. The monoisotopic (exact) mass is 440 g/mol. The highest BCUT2D eigenvalue weighted by atomic mass is 16.5. The summed E-state index contributed by atoms with van der Waals surface area (Å²) < 4.78 is 5.74. The molecular weight excluding hydrogens is 396 g/mol. The van der Waals surface area contributed by atoms with Gasteiger partial charge in [-0.2, -0.15) is 0 Å². The van der Waals surface area contributed by atoms with Crippen molar-refractivity contribution in [3.63, 3.8) is 0 Å². The Morgan fingerprint density at radius 3 is 2.16 bits per heavy atom. The van der Waals surface area contributed by atoms with Crippen LogP contribution in [0.5, 0.6) is 0 Å². The molecule has 1 aromatic carbocycles. The Morgan fingerprint density at radius 2 is 1.50 bits per heavy atom. The molecule has 6 atom stereocenters. The molecule has 0 aromatic heterocycles. The minimum Gasteiger partial charge on any atom is -0.461 e. The van der Waals surface area contributed by atoms with Gasteiger partial charge in [-0.05, 0) is 61.3 Å². The lowest BCUT2D eigenvalue weighted by Gasteiger charge is -2.38. The van der Waals surface area contributed by atoms with E-state index in [1.54, 1.807) is 0 Å². The van der Waals surface area contributed by atoms with Crippen molar-refractivity contribution in [2.75, 3.05) is 0 Å². The predicted octanol–water partition coefficient (Wildman–Crippen LogP) is 7.37. The van der Waals surface area contributed by atoms with Crippen molar-refractivity contribution in [3.05, 3.63) is 35.9 Å². The van der Waals surface area contributed by atoms with Gasteiger partial charge in [-0.1, -0.05) is 83.2 Å². The molecule has 3 rings (SSSR count). The molecule has 2 aliphatic rings. The Bertz CT molecular complexity index is 712. The lowest BCUT2D eigenvalue weighted by atomic mass is 9.66. The molecule has 0 aliphatic heterocycles. The smallest absolute Gasteiger partial charge is 0.309 e. The second-order valence-corrected chi connectivity index (χ2v) is 10.4. The van der Waals surface area contributed by atoms with Crippen LogP contribution < -0.4 is 0 Å². The van der Waals surface area contributed by atoms with Crippen LogP contribution in [0.3, 0.4) is 0 Å². The van der Waals surface area contributed by atoms with Gasteiger partial charge in [-0.15, -0.1) is 0 Å². The predicted molar refractivity (Wildman–Crippen MR) is 130 cm³/mol. The van der Waals surface area contributed by atoms with Crippen LogP contribution in [0.15, 0.2) is 30.3 Å². The van der Waals surface area contributed by atoms with Crippen molar-refractivity contribution in [1.82, 2.24) is 0 Å². The number of benzene rings is 1. The molecule has 1 aromatic rings. The van der Waals surface area contributed by atoms with Gasteiger partial charge >= 0.3 is 5.97 Å². The standard InChI is InChI=1S/C29H44O3/c1-4-24(26-17-11-9-13-21(26)3)28(30)19-23-16-10-12-18-27(23)25(5-2)29(31)32-20-22-14-7-6-8-15-22/h6-8,14-15,21,23-27H,4-5,9-13,16-20H2,1-3H3/t21-,23+,24-,25-,26+,27+/m0/s1. The summed E-state index contributed by atoms with van der Waals surface area (Å²) in [5, 5.41) is 0. The Kier molecular flexibility index (Phi) is 9.81. The highest BCUT2D eigenvalue weighted by Gasteiger charge is 2.39. The van der Waals surface area contributed by atoms with Gasteiger partial charge in [0.1, 0.15) is 12.4 Å². The fourth-order valence-electron chi connectivity index (χ4n) is 6.62. The largest absolute Gasteiger partial charge is 0.461 e. The van der Waals surface area contributed by atoms with E-state index in [0.717, 1.165) is 37.7 Å². The fraction of sp³-hybridized carbons (Fsp3) is 0.724. The van der Waals surface area contributed by atoms with E-state index < -0.39 is 0 Å². The molecule has 2 saturated carbocycles. The van der Waals surface area contributed by atoms with Crippen molar-refractivity contribution in [2.45, 2.75) is 98.0 Å². The van der Waals surface area contributed by atoms with Crippen LogP contribution in [0.4, 0.5) is 0 Å². The van der Waals surface area contributed by atoms with Crippen LogP contribution in [-0.2, 0) is 20.9 Å². The summed E-state index contributed by atoms with van der Waals surface area (Å²) in [4.78, 5) is 26.6. The molecule has 0 bridgehead atoms. The highest BCUT2D eigenvalue weighted by molar-refractivity contribution is 5.81. The van der Waals surface area contributed by atoms with Crippen LogP contribution in [0.2, 0.25) is 0 Å². The summed E-state index contributed by atoms with van der Waals surface area (Å²) in [6.45, 7) is 6.97. The van der Waals surface area contributed by atoms with Crippen molar-refractivity contribution < 1.29 is 14.3 Å². The van der Waals surface area contributed by atoms with E-state index in [1.807, 2.05) is 30.3 Å². The molecule has 0 amide bonds. The average Bonchev–Trinajstić information content (AvgIpc) is 2.81. The molecule has 3 heteroatoms. The number of rotatable bonds is 10. The zero-order chi connectivity index (χ0) is 22.9. The number of esters is 1. The number of hydrogen-bond donors (Lipinski definition) is 0. The summed E-state index contributed by atoms with van der Waals surface area (Å²) in [5.74, 6) is 2.34. The molecule has 32 heavy (non-hydrogen) atoms. The average molecular weight is 441 g/mol. The van der Waals surface area contributed by atoms with Crippen LogP contribution in [0.25, 0.3) is 0 Å². The lowest BCUT2D eigenvalue weighted by Crippen LogP contribution is -2.36. The number of ketones is 1. The van der Waals surface area contributed by atoms with E-state index >= 15 is 0 Å². The first kappa shape index (κ1) is 25.0. The fourth-order valence-corrected chi connectivity index (χ4v) is 6.62. The Morgan fingerprint density at radius 1 is 0.875 bits per heavy atom. The van der Waals surface area contributed by atoms with Crippen molar-refractivity contribution >= 4 is 11.8 Å². The molecule has 0 N–H and O–H groups in total. The van der Waals surface area contributed by atoms with Crippen LogP contribution in [0.1, 0.15) is 97.0 Å². The van der Waals surface area contributed by atoms with Crippen LogP contribution in [0, 0.1) is 35.5 Å². The van der Waals surface area contributed by atoms with Gasteiger partial charge in [0.05, 0.1) is 5.92 Å². The van der Waals surface area contributed by atoms with Crippen LogP contribution >= 0.6 is 0 Å². The van der Waals surface area contributed by atoms with Gasteiger partial charge in [0, 0.05) is 12.3 Å². The molecule has 0 saturated heterocycles. The van der Waals surface area contributed by atoms with E-state index in [9.17, 15) is 9.59 Å². The van der Waals surface area contributed by atoms with Crippen molar-refractivity contribution in [3.8, 4) is 0 Å². The van der Waals surface area contributed by atoms with Crippen LogP contribution in [-0.4, -0.2) is 11.8 Å². The Labute approximate surface area is 195 Å². The summed E-state index contributed by atoms with van der Waals surface area (Å²) in [5.41, 5.74) is 1.03. The summed E-state index contributed by atoms with van der Waals surface area (Å²) >= 11 is 0. The van der Waals surface area contributed by atoms with E-state index in [0.29, 0.717) is 36.6 Å². The first-order valence-electron chi connectivity index (χ1n) is 13.3. The Balaban J connectivity index is 1.63. The Hall–Kier alpha value is -1.64. The minimum absolute atomic E-state index is 0.0753. The molecule has 0 unspecified atom stereocenters. The van der Waals surface area contributed by atoms with E-state index in [1.165, 1.54) is 32.1 Å². The lowest BCUT2D eigenvalue weighted by molar-refractivity contribution is -0.154. The normalized spacial score (nSPS) is 28.0. The second-order valence-electron chi connectivity index (χ2n) is 10.4. The molecule has 0 radical (unpaired) electrons. The summed E-state index contributed by atoms with van der Waals surface area (Å²) in [6.07, 6.45) is 12.0. The second kappa shape index (κ2) is 12.6. The third-order valence-electron chi connectivity index (χ3n) is 8.46. The molecule has 2 fully saturated rings. The maximum Gasteiger partial charge on any atom is 0.309 e. The van der Waals surface area contributed by atoms with Gasteiger partial charge in [-0.25, -0.2) is 0 Å². The van der Waals surface area contributed by atoms with E-state index in [4.69, 9.17) is 4.74 Å². The molecule has 0 heterocycles. The first-order chi connectivity index (χ1) is 15.5. The van der Waals surface area contributed by atoms with E-state index in [-0.39, 0.29) is 23.7 Å². The zero-order valence-corrected chi connectivity index (χ0v) is 20.6. The highest BCUT2D eigenvalue weighted by Crippen LogP contribution is 2.42. The van der Waals surface area contributed by atoms with Crippen molar-refractivity contribution in [2.24, 2.45) is 35.5 Å². The van der Waals surface area contributed by atoms with Gasteiger partial charge in [-0.3, -0.25) is 9.59 Å². The number of ether oxygens (including phenoxy) is 1. The van der Waals surface area contributed by atoms with E-state index in [2.05, 4.69) is 20.8 Å². The van der Waals surface area contributed by atoms with Crippen molar-refractivity contribution in [1.29, 1.82) is 0 Å². The third kappa shape index (κ3) is 6.45. The molecule has 3 nitrogen and oxygen atoms in total. The number of hydrogen-bond acceptors (Lipinski definition) is 3. The third-order valence-corrected chi connectivity index (χ3v) is 8.46. The van der Waals surface area contributed by atoms with Gasteiger partial charge < -0.3 is 4.74 Å². The quantitative estimate of drug-likeness (QED) is 0.357.